The number of ether oxygens (including phenoxy) is 1. The van der Waals surface area contributed by atoms with E-state index in [9.17, 15) is 22.8 Å². The lowest BCUT2D eigenvalue weighted by molar-refractivity contribution is -0.140. The lowest BCUT2D eigenvalue weighted by Crippen LogP contribution is -2.36. The molecular formula is C20H26N4O6S. The zero-order chi connectivity index (χ0) is 22.4. The molecule has 3 rings (SSSR count). The van der Waals surface area contributed by atoms with Crippen LogP contribution in [-0.2, 0) is 32.5 Å². The Morgan fingerprint density at radius 1 is 1.10 bits per heavy atom. The molecule has 0 aliphatic carbocycles. The molecule has 168 valence electrons. The average molecular weight is 451 g/mol. The number of carbonyl (C=O) groups excluding carboxylic acids is 1. The number of rotatable bonds is 7. The van der Waals surface area contributed by atoms with Crippen LogP contribution in [0.4, 0.5) is 0 Å². The molecule has 0 unspecified atom stereocenters. The summed E-state index contributed by atoms with van der Waals surface area (Å²) in [7, 11) is -2.32. The Balaban J connectivity index is 1.63. The number of nitrogens with zero attached hydrogens (tertiary/aromatic N) is 2. The smallest absolute Gasteiger partial charge is 0.325 e. The van der Waals surface area contributed by atoms with Crippen LogP contribution in [0.2, 0.25) is 0 Å². The summed E-state index contributed by atoms with van der Waals surface area (Å²) in [6.45, 7) is 2.11. The van der Waals surface area contributed by atoms with Crippen LogP contribution < -0.4 is 11.2 Å². The second-order valence-electron chi connectivity index (χ2n) is 7.35. The third kappa shape index (κ3) is 5.90. The van der Waals surface area contributed by atoms with Crippen molar-refractivity contribution in [1.82, 2.24) is 19.2 Å². The third-order valence-electron chi connectivity index (χ3n) is 5.24. The molecule has 11 heteroatoms. The maximum Gasteiger partial charge on any atom is 0.325 e. The molecule has 0 radical (unpaired) electrons. The van der Waals surface area contributed by atoms with Gasteiger partial charge in [-0.25, -0.2) is 13.2 Å². The molecule has 31 heavy (non-hydrogen) atoms. The Hall–Kier alpha value is -2.76. The van der Waals surface area contributed by atoms with Crippen molar-refractivity contribution < 1.29 is 17.9 Å². The zero-order valence-electron chi connectivity index (χ0n) is 17.3. The minimum absolute atomic E-state index is 0.208. The van der Waals surface area contributed by atoms with Crippen LogP contribution in [0.1, 0.15) is 24.0 Å². The molecule has 1 fully saturated rings. The van der Waals surface area contributed by atoms with E-state index in [1.54, 1.807) is 24.3 Å². The van der Waals surface area contributed by atoms with E-state index in [0.29, 0.717) is 51.1 Å². The summed E-state index contributed by atoms with van der Waals surface area (Å²) in [5.74, 6) is -0.310. The Labute approximate surface area is 179 Å². The summed E-state index contributed by atoms with van der Waals surface area (Å²) in [4.78, 5) is 41.2. The number of carbonyl (C=O) groups is 1. The summed E-state index contributed by atoms with van der Waals surface area (Å²) in [5, 5.41) is 0. The van der Waals surface area contributed by atoms with Crippen LogP contribution in [0.5, 0.6) is 0 Å². The fourth-order valence-electron chi connectivity index (χ4n) is 3.47. The van der Waals surface area contributed by atoms with Gasteiger partial charge in [0.1, 0.15) is 0 Å². The second kappa shape index (κ2) is 10.0. The van der Waals surface area contributed by atoms with Crippen molar-refractivity contribution in [2.45, 2.75) is 30.7 Å². The highest BCUT2D eigenvalue weighted by Gasteiger charge is 2.27. The quantitative estimate of drug-likeness (QED) is 0.570. The third-order valence-corrected chi connectivity index (χ3v) is 7.16. The number of aromatic amines is 2. The summed E-state index contributed by atoms with van der Waals surface area (Å²) in [5.41, 5.74) is 0.291. The first kappa shape index (κ1) is 22.9. The molecule has 10 nitrogen and oxygen atoms in total. The van der Waals surface area contributed by atoms with Crippen LogP contribution in [0, 0.1) is 0 Å². The normalized spacial score (nSPS) is 16.0. The predicted octanol–water partition coefficient (Wildman–Crippen LogP) is 0.0654. The second-order valence-corrected chi connectivity index (χ2v) is 9.29. The fourth-order valence-corrected chi connectivity index (χ4v) is 4.94. The van der Waals surface area contributed by atoms with Crippen LogP contribution in [0.25, 0.3) is 0 Å². The number of nitrogens with one attached hydrogen (secondary N) is 2. The van der Waals surface area contributed by atoms with E-state index in [1.807, 2.05) is 4.90 Å². The largest absolute Gasteiger partial charge is 0.469 e. The van der Waals surface area contributed by atoms with Crippen molar-refractivity contribution in [2.75, 3.05) is 33.3 Å². The lowest BCUT2D eigenvalue weighted by atomic mass is 10.1. The van der Waals surface area contributed by atoms with E-state index in [1.165, 1.54) is 17.6 Å². The standard InChI is InChI=1S/C20H26N4O6S/c1-30-18(25)8-5-15-3-6-17(7-4-15)31(28,29)24-10-2-9-23(11-12-24)14-16-13-21-20(27)22-19(16)26/h3-4,6-7,13H,2,5,8-12,14H2,1H3,(H2,21,22,26,27). The number of aryl methyl sites for hydroxylation is 1. The van der Waals surface area contributed by atoms with Crippen molar-refractivity contribution in [3.05, 3.63) is 62.4 Å². The van der Waals surface area contributed by atoms with E-state index in [4.69, 9.17) is 0 Å². The number of H-pyrrole nitrogens is 2. The first-order valence-corrected chi connectivity index (χ1v) is 11.4. The van der Waals surface area contributed by atoms with E-state index in [2.05, 4.69) is 14.7 Å². The molecule has 2 N–H and O–H groups in total. The van der Waals surface area contributed by atoms with Crippen molar-refractivity contribution in [3.8, 4) is 0 Å². The maximum absolute atomic E-state index is 13.1. The summed E-state index contributed by atoms with van der Waals surface area (Å²) < 4.78 is 32.2. The van der Waals surface area contributed by atoms with Crippen LogP contribution in [0.15, 0.2) is 44.9 Å². The van der Waals surface area contributed by atoms with Gasteiger partial charge in [-0.05, 0) is 37.1 Å². The van der Waals surface area contributed by atoms with Gasteiger partial charge >= 0.3 is 11.7 Å². The molecule has 2 aromatic rings. The Bertz CT molecular complexity index is 1120. The molecule has 0 bridgehead atoms. The summed E-state index contributed by atoms with van der Waals surface area (Å²) in [6, 6.07) is 6.54. The van der Waals surface area contributed by atoms with Gasteiger partial charge in [0.25, 0.3) is 5.56 Å². The number of hydrogen-bond acceptors (Lipinski definition) is 7. The molecule has 0 spiro atoms. The monoisotopic (exact) mass is 450 g/mol. The number of aromatic nitrogens is 2. The van der Waals surface area contributed by atoms with Gasteiger partial charge in [-0.3, -0.25) is 19.5 Å². The number of hydrogen-bond donors (Lipinski definition) is 2. The zero-order valence-corrected chi connectivity index (χ0v) is 18.1. The summed E-state index contributed by atoms with van der Waals surface area (Å²) >= 11 is 0. The minimum atomic E-state index is -3.65. The number of sulfonamides is 1. The molecular weight excluding hydrogens is 424 g/mol. The molecule has 0 atom stereocenters. The number of esters is 1. The highest BCUT2D eigenvalue weighted by molar-refractivity contribution is 7.89. The topological polar surface area (TPSA) is 133 Å². The predicted molar refractivity (Wildman–Crippen MR) is 113 cm³/mol. The molecule has 1 aliphatic rings. The highest BCUT2D eigenvalue weighted by Crippen LogP contribution is 2.19. The Morgan fingerprint density at radius 3 is 2.52 bits per heavy atom. The van der Waals surface area contributed by atoms with Crippen molar-refractivity contribution >= 4 is 16.0 Å². The van der Waals surface area contributed by atoms with Crippen LogP contribution in [0.3, 0.4) is 0 Å². The van der Waals surface area contributed by atoms with Crippen molar-refractivity contribution in [3.63, 3.8) is 0 Å². The van der Waals surface area contributed by atoms with E-state index >= 15 is 0 Å². The molecule has 1 aromatic heterocycles. The average Bonchev–Trinajstić information content (AvgIpc) is 3.00. The maximum atomic E-state index is 13.1. The van der Waals surface area contributed by atoms with Gasteiger partial charge < -0.3 is 9.72 Å². The molecule has 2 heterocycles. The van der Waals surface area contributed by atoms with Gasteiger partial charge in [0.05, 0.1) is 12.0 Å². The molecule has 0 amide bonds. The van der Waals surface area contributed by atoms with Crippen molar-refractivity contribution in [2.24, 2.45) is 0 Å². The van der Waals surface area contributed by atoms with Gasteiger partial charge in [0, 0.05) is 44.4 Å². The summed E-state index contributed by atoms with van der Waals surface area (Å²) in [6.07, 6.45) is 2.73. The molecule has 1 aromatic carbocycles. The van der Waals surface area contributed by atoms with E-state index < -0.39 is 21.3 Å². The van der Waals surface area contributed by atoms with Crippen LogP contribution in [-0.4, -0.2) is 66.8 Å². The number of benzene rings is 1. The van der Waals surface area contributed by atoms with Crippen molar-refractivity contribution in [1.29, 1.82) is 0 Å². The first-order valence-electron chi connectivity index (χ1n) is 9.99. The highest BCUT2D eigenvalue weighted by atomic mass is 32.2. The van der Waals surface area contributed by atoms with Gasteiger partial charge in [-0.15, -0.1) is 0 Å². The Kier molecular flexibility index (Phi) is 7.42. The number of methoxy groups -OCH3 is 1. The SMILES string of the molecule is COC(=O)CCc1ccc(S(=O)(=O)N2CCCN(Cc3c[nH]c(=O)[nH]c3=O)CC2)cc1. The van der Waals surface area contributed by atoms with E-state index in [-0.39, 0.29) is 17.3 Å². The minimum Gasteiger partial charge on any atom is -0.469 e. The van der Waals surface area contributed by atoms with Crippen LogP contribution >= 0.6 is 0 Å². The van der Waals surface area contributed by atoms with Gasteiger partial charge in [0.2, 0.25) is 10.0 Å². The molecule has 0 saturated carbocycles. The van der Waals surface area contributed by atoms with Gasteiger partial charge in [-0.2, -0.15) is 4.31 Å². The first-order chi connectivity index (χ1) is 14.8. The fraction of sp³-hybridized carbons (Fsp3) is 0.450. The molecule has 1 saturated heterocycles. The van der Waals surface area contributed by atoms with E-state index in [0.717, 1.165) is 5.56 Å². The van der Waals surface area contributed by atoms with Gasteiger partial charge in [-0.1, -0.05) is 12.1 Å². The molecule has 1 aliphatic heterocycles. The Morgan fingerprint density at radius 2 is 1.84 bits per heavy atom. The lowest BCUT2D eigenvalue weighted by Gasteiger charge is -2.21. The van der Waals surface area contributed by atoms with Gasteiger partial charge in [0.15, 0.2) is 0 Å².